The summed E-state index contributed by atoms with van der Waals surface area (Å²) in [6, 6.07) is 0.969. The van der Waals surface area contributed by atoms with Crippen molar-refractivity contribution < 1.29 is 9.18 Å². The van der Waals surface area contributed by atoms with Crippen molar-refractivity contribution >= 4 is 5.78 Å². The minimum atomic E-state index is -0.574. The van der Waals surface area contributed by atoms with Gasteiger partial charge in [-0.15, -0.1) is 0 Å². The highest BCUT2D eigenvalue weighted by molar-refractivity contribution is 5.98. The van der Waals surface area contributed by atoms with Gasteiger partial charge in [0.25, 0.3) is 0 Å². The maximum absolute atomic E-state index is 12.0. The molecule has 0 saturated heterocycles. The largest absolute Gasteiger partial charge is 0.321 e. The minimum Gasteiger partial charge on any atom is -0.321 e. The van der Waals surface area contributed by atoms with Crippen LogP contribution in [0, 0.1) is 0 Å². The second-order valence-electron chi connectivity index (χ2n) is 2.78. The Morgan fingerprint density at radius 2 is 2.54 bits per heavy atom. The highest BCUT2D eigenvalue weighted by Crippen LogP contribution is 2.02. The lowest BCUT2D eigenvalue weighted by Gasteiger charge is -2.06. The van der Waals surface area contributed by atoms with Gasteiger partial charge < -0.3 is 5.73 Å². The Bertz CT molecular complexity index is 295. The predicted octanol–water partition coefficient (Wildman–Crippen LogP) is 0.382. The van der Waals surface area contributed by atoms with Crippen LogP contribution in [0.4, 0.5) is 4.39 Å². The van der Waals surface area contributed by atoms with Gasteiger partial charge in [0.1, 0.15) is 12.4 Å². The van der Waals surface area contributed by atoms with E-state index in [0.717, 1.165) is 0 Å². The van der Waals surface area contributed by atoms with E-state index in [1.165, 1.54) is 10.9 Å². The molecular weight excluding hydrogens is 173 g/mol. The second-order valence-corrected chi connectivity index (χ2v) is 2.78. The molecule has 5 heteroatoms. The van der Waals surface area contributed by atoms with E-state index in [4.69, 9.17) is 5.73 Å². The maximum atomic E-state index is 12.0. The fourth-order valence-corrected chi connectivity index (χ4v) is 1.03. The van der Waals surface area contributed by atoms with Crippen LogP contribution in [0.15, 0.2) is 12.3 Å². The average Bonchev–Trinajstić information content (AvgIpc) is 2.52. The van der Waals surface area contributed by atoms with Crippen LogP contribution in [0.3, 0.4) is 0 Å². The lowest BCUT2D eigenvalue weighted by atomic mass is 10.2. The number of Topliss-reactive ketones (excluding diaryl/α,β-unsaturated/α-hetero) is 1. The minimum absolute atomic E-state index is 0.0980. The van der Waals surface area contributed by atoms with Crippen LogP contribution < -0.4 is 5.73 Å². The summed E-state index contributed by atoms with van der Waals surface area (Å²) in [6.07, 6.45) is 1.46. The lowest BCUT2D eigenvalue weighted by Crippen LogP contribution is -2.29. The Hall–Kier alpha value is -1.23. The zero-order chi connectivity index (χ0) is 9.84. The molecule has 0 amide bonds. The Balaban J connectivity index is 2.87. The first kappa shape index (κ1) is 9.85. The predicted molar refractivity (Wildman–Crippen MR) is 46.2 cm³/mol. The van der Waals surface area contributed by atoms with Crippen LogP contribution in [-0.2, 0) is 6.54 Å². The van der Waals surface area contributed by atoms with E-state index in [9.17, 15) is 9.18 Å². The highest BCUT2D eigenvalue weighted by Gasteiger charge is 2.15. The van der Waals surface area contributed by atoms with Crippen molar-refractivity contribution in [1.29, 1.82) is 0 Å². The Morgan fingerprint density at radius 3 is 3.08 bits per heavy atom. The molecule has 1 rings (SSSR count). The number of alkyl halides is 1. The summed E-state index contributed by atoms with van der Waals surface area (Å²) in [5.74, 6) is -0.217. The van der Waals surface area contributed by atoms with Gasteiger partial charge >= 0.3 is 0 Å². The molecule has 0 bridgehead atoms. The van der Waals surface area contributed by atoms with Crippen LogP contribution >= 0.6 is 0 Å². The number of nitrogens with zero attached hydrogens (tertiary/aromatic N) is 2. The summed E-state index contributed by atoms with van der Waals surface area (Å²) in [4.78, 5) is 11.4. The molecule has 2 N–H and O–H groups in total. The first-order chi connectivity index (χ1) is 6.16. The van der Waals surface area contributed by atoms with Gasteiger partial charge in [0, 0.05) is 6.20 Å². The van der Waals surface area contributed by atoms with Crippen molar-refractivity contribution in [2.75, 3.05) is 6.67 Å². The molecule has 1 unspecified atom stereocenters. The van der Waals surface area contributed by atoms with Crippen molar-refractivity contribution in [2.45, 2.75) is 19.5 Å². The van der Waals surface area contributed by atoms with Crippen LogP contribution in [0.1, 0.15) is 17.4 Å². The fraction of sp³-hybridized carbons (Fsp3) is 0.500. The molecule has 0 aliphatic carbocycles. The number of hydrogen-bond donors (Lipinski definition) is 1. The summed E-state index contributed by atoms with van der Waals surface area (Å²) in [7, 11) is 0. The standard InChI is InChI=1S/C8H12FN3O/c1-6(10)8(13)7-2-4-11-12(7)5-3-9/h2,4,6H,3,5,10H2,1H3. The maximum Gasteiger partial charge on any atom is 0.197 e. The summed E-state index contributed by atoms with van der Waals surface area (Å²) < 4.78 is 13.3. The molecule has 0 aliphatic rings. The molecule has 0 fully saturated rings. The number of ketones is 1. The molecule has 0 saturated carbocycles. The lowest BCUT2D eigenvalue weighted by molar-refractivity contribution is 0.0957. The van der Waals surface area contributed by atoms with Gasteiger partial charge in [-0.2, -0.15) is 5.10 Å². The Morgan fingerprint density at radius 1 is 1.85 bits per heavy atom. The summed E-state index contributed by atoms with van der Waals surface area (Å²) in [5.41, 5.74) is 5.78. The molecule has 1 aromatic heterocycles. The monoisotopic (exact) mass is 185 g/mol. The first-order valence-corrected chi connectivity index (χ1v) is 4.04. The van der Waals surface area contributed by atoms with Gasteiger partial charge in [-0.3, -0.25) is 9.48 Å². The van der Waals surface area contributed by atoms with Crippen molar-refractivity contribution in [3.63, 3.8) is 0 Å². The number of nitrogens with two attached hydrogens (primary N) is 1. The molecule has 1 heterocycles. The molecule has 0 spiro atoms. The number of aryl methyl sites for hydroxylation is 1. The second kappa shape index (κ2) is 4.13. The van der Waals surface area contributed by atoms with Gasteiger partial charge in [-0.25, -0.2) is 4.39 Å². The van der Waals surface area contributed by atoms with Crippen molar-refractivity contribution in [1.82, 2.24) is 9.78 Å². The first-order valence-electron chi connectivity index (χ1n) is 4.04. The van der Waals surface area contributed by atoms with E-state index in [1.807, 2.05) is 0 Å². The third kappa shape index (κ3) is 2.12. The number of hydrogen-bond acceptors (Lipinski definition) is 3. The molecular formula is C8H12FN3O. The van der Waals surface area contributed by atoms with Crippen LogP contribution in [0.5, 0.6) is 0 Å². The Kier molecular flexibility index (Phi) is 3.13. The van der Waals surface area contributed by atoms with E-state index in [2.05, 4.69) is 5.10 Å². The number of aromatic nitrogens is 2. The molecule has 72 valence electrons. The smallest absolute Gasteiger partial charge is 0.197 e. The number of rotatable bonds is 4. The van der Waals surface area contributed by atoms with E-state index in [1.54, 1.807) is 13.0 Å². The van der Waals surface area contributed by atoms with E-state index in [0.29, 0.717) is 5.69 Å². The molecule has 0 aromatic carbocycles. The molecule has 0 aliphatic heterocycles. The zero-order valence-electron chi connectivity index (χ0n) is 7.40. The zero-order valence-corrected chi connectivity index (χ0v) is 7.40. The van der Waals surface area contributed by atoms with Crippen molar-refractivity contribution in [2.24, 2.45) is 5.73 Å². The normalized spacial score (nSPS) is 12.8. The molecule has 4 nitrogen and oxygen atoms in total. The van der Waals surface area contributed by atoms with E-state index in [-0.39, 0.29) is 12.3 Å². The summed E-state index contributed by atoms with van der Waals surface area (Å²) >= 11 is 0. The third-order valence-corrected chi connectivity index (χ3v) is 1.68. The van der Waals surface area contributed by atoms with Gasteiger partial charge in [-0.1, -0.05) is 0 Å². The fourth-order valence-electron chi connectivity index (χ4n) is 1.03. The van der Waals surface area contributed by atoms with Gasteiger partial charge in [0.15, 0.2) is 5.78 Å². The quantitative estimate of drug-likeness (QED) is 0.690. The van der Waals surface area contributed by atoms with Gasteiger partial charge in [-0.05, 0) is 13.0 Å². The average molecular weight is 185 g/mol. The van der Waals surface area contributed by atoms with Crippen LogP contribution in [0.2, 0.25) is 0 Å². The molecule has 0 radical (unpaired) electrons. The van der Waals surface area contributed by atoms with E-state index >= 15 is 0 Å². The third-order valence-electron chi connectivity index (χ3n) is 1.68. The van der Waals surface area contributed by atoms with Crippen molar-refractivity contribution in [3.05, 3.63) is 18.0 Å². The molecule has 13 heavy (non-hydrogen) atoms. The molecule has 1 aromatic rings. The van der Waals surface area contributed by atoms with Gasteiger partial charge in [0.2, 0.25) is 0 Å². The van der Waals surface area contributed by atoms with E-state index < -0.39 is 12.7 Å². The number of halogens is 1. The van der Waals surface area contributed by atoms with Crippen LogP contribution in [0.25, 0.3) is 0 Å². The number of carbonyl (C=O) groups is 1. The number of carbonyl (C=O) groups excluding carboxylic acids is 1. The summed E-state index contributed by atoms with van der Waals surface area (Å²) in [6.45, 7) is 1.15. The Labute approximate surface area is 75.5 Å². The topological polar surface area (TPSA) is 60.9 Å². The van der Waals surface area contributed by atoms with Crippen molar-refractivity contribution in [3.8, 4) is 0 Å². The van der Waals surface area contributed by atoms with Gasteiger partial charge in [0.05, 0.1) is 12.6 Å². The molecule has 1 atom stereocenters. The summed E-state index contributed by atoms with van der Waals surface area (Å²) in [5, 5.41) is 3.81. The van der Waals surface area contributed by atoms with Crippen LogP contribution in [-0.4, -0.2) is 28.3 Å². The highest BCUT2D eigenvalue weighted by atomic mass is 19.1. The SMILES string of the molecule is CC(N)C(=O)c1ccnn1CCF.